The summed E-state index contributed by atoms with van der Waals surface area (Å²) in [5.74, 6) is 1.84. The Morgan fingerprint density at radius 1 is 1.18 bits per heavy atom. The van der Waals surface area contributed by atoms with Crippen LogP contribution in [0.2, 0.25) is 0 Å². The highest BCUT2D eigenvalue weighted by Gasteiger charge is 2.39. The summed E-state index contributed by atoms with van der Waals surface area (Å²) >= 11 is 0. The normalized spacial score (nSPS) is 28.7. The molecule has 0 aromatic rings. The van der Waals surface area contributed by atoms with Gasteiger partial charge in [0.15, 0.2) is 0 Å². The van der Waals surface area contributed by atoms with Crippen molar-refractivity contribution in [2.45, 2.75) is 44.9 Å². The van der Waals surface area contributed by atoms with Gasteiger partial charge in [-0.15, -0.1) is 6.58 Å². The van der Waals surface area contributed by atoms with Gasteiger partial charge in [-0.2, -0.15) is 0 Å². The van der Waals surface area contributed by atoms with Crippen molar-refractivity contribution in [3.63, 3.8) is 0 Å². The fraction of sp³-hybridized carbons (Fsp3) is 0.727. The maximum absolute atomic E-state index is 3.86. The molecule has 0 nitrogen and oxygen atoms in total. The van der Waals surface area contributed by atoms with E-state index in [9.17, 15) is 0 Å². The predicted molar refractivity (Wildman–Crippen MR) is 48.2 cm³/mol. The van der Waals surface area contributed by atoms with Crippen molar-refractivity contribution in [1.82, 2.24) is 0 Å². The number of fused-ring (bicyclic) bond motifs is 3. The largest absolute Gasteiger partial charge is 0.103 e. The zero-order chi connectivity index (χ0) is 7.73. The molecule has 0 aromatic heterocycles. The molecule has 0 amide bonds. The van der Waals surface area contributed by atoms with E-state index >= 15 is 0 Å². The molecule has 2 bridgehead atoms. The van der Waals surface area contributed by atoms with Crippen LogP contribution in [0.25, 0.3) is 0 Å². The Balaban J connectivity index is 2.05. The molecule has 3 aliphatic carbocycles. The van der Waals surface area contributed by atoms with E-state index in [1.807, 2.05) is 5.92 Å². The van der Waals surface area contributed by atoms with Crippen molar-refractivity contribution in [1.29, 1.82) is 0 Å². The smallest absolute Gasteiger partial charge is 0.0240 e. The van der Waals surface area contributed by atoms with E-state index in [1.165, 1.54) is 44.9 Å². The maximum atomic E-state index is 3.86. The molecule has 3 saturated carbocycles. The van der Waals surface area contributed by atoms with Gasteiger partial charge < -0.3 is 0 Å². The van der Waals surface area contributed by atoms with E-state index in [1.54, 1.807) is 0 Å². The lowest BCUT2D eigenvalue weighted by molar-refractivity contribution is 0.136. The quantitative estimate of drug-likeness (QED) is 0.527. The maximum Gasteiger partial charge on any atom is -0.0240 e. The fourth-order valence-electron chi connectivity index (χ4n) is 2.69. The molecule has 0 heteroatoms. The molecule has 0 spiro atoms. The molecule has 0 aliphatic heterocycles. The summed E-state index contributed by atoms with van der Waals surface area (Å²) in [7, 11) is 0. The van der Waals surface area contributed by atoms with Crippen LogP contribution in [0.5, 0.6) is 0 Å². The molecular weight excluding hydrogens is 132 g/mol. The van der Waals surface area contributed by atoms with Gasteiger partial charge in [0.05, 0.1) is 0 Å². The number of hydrogen-bond acceptors (Lipinski definition) is 0. The monoisotopic (exact) mass is 149 g/mol. The summed E-state index contributed by atoms with van der Waals surface area (Å²) in [6.07, 6.45) is 12.0. The molecule has 0 aromatic carbocycles. The third kappa shape index (κ3) is 1.23. The van der Waals surface area contributed by atoms with Crippen molar-refractivity contribution in [3.8, 4) is 0 Å². The highest BCUT2D eigenvalue weighted by molar-refractivity contribution is 5.07. The van der Waals surface area contributed by atoms with Gasteiger partial charge in [-0.25, -0.2) is 0 Å². The van der Waals surface area contributed by atoms with Crippen molar-refractivity contribution in [2.24, 2.45) is 5.41 Å². The molecule has 0 N–H and O–H groups in total. The van der Waals surface area contributed by atoms with E-state index < -0.39 is 0 Å². The van der Waals surface area contributed by atoms with Crippen LogP contribution in [0.4, 0.5) is 0 Å². The summed E-state index contributed by atoms with van der Waals surface area (Å²) < 4.78 is 0. The number of rotatable bonds is 2. The molecule has 3 rings (SSSR count). The van der Waals surface area contributed by atoms with Crippen molar-refractivity contribution in [3.05, 3.63) is 18.6 Å². The molecule has 0 unspecified atom stereocenters. The molecule has 0 heterocycles. The first-order chi connectivity index (χ1) is 5.35. The molecule has 3 fully saturated rings. The van der Waals surface area contributed by atoms with Gasteiger partial charge in [0.25, 0.3) is 0 Å². The fourth-order valence-corrected chi connectivity index (χ4v) is 2.69. The topological polar surface area (TPSA) is 0 Å². The minimum Gasteiger partial charge on any atom is -0.103 e. The minimum atomic E-state index is 0.698. The standard InChI is InChI=1S/C11H17/c1-2-6-11-7-3-10(4-8-11)5-9-11/h2H,1,3-9H2. The number of allylic oxidation sites excluding steroid dienone is 1. The second kappa shape index (κ2) is 2.66. The third-order valence-electron chi connectivity index (χ3n) is 3.60. The average molecular weight is 149 g/mol. The first kappa shape index (κ1) is 7.39. The average Bonchev–Trinajstić information content (AvgIpc) is 2.07. The van der Waals surface area contributed by atoms with E-state index in [4.69, 9.17) is 0 Å². The van der Waals surface area contributed by atoms with Crippen LogP contribution in [0.15, 0.2) is 12.7 Å². The molecule has 11 heavy (non-hydrogen) atoms. The third-order valence-corrected chi connectivity index (χ3v) is 3.60. The second-order valence-corrected chi connectivity index (χ2v) is 4.24. The Labute approximate surface area is 69.7 Å². The van der Waals surface area contributed by atoms with Crippen LogP contribution in [-0.2, 0) is 0 Å². The van der Waals surface area contributed by atoms with E-state index in [2.05, 4.69) is 12.7 Å². The highest BCUT2D eigenvalue weighted by atomic mass is 14.4. The van der Waals surface area contributed by atoms with Crippen LogP contribution in [0.3, 0.4) is 0 Å². The Bertz CT molecular complexity index is 136. The minimum absolute atomic E-state index is 0.698. The first-order valence-electron chi connectivity index (χ1n) is 4.79. The zero-order valence-electron chi connectivity index (χ0n) is 7.23. The van der Waals surface area contributed by atoms with Gasteiger partial charge in [-0.1, -0.05) is 6.08 Å². The van der Waals surface area contributed by atoms with Gasteiger partial charge in [0.2, 0.25) is 0 Å². The predicted octanol–water partition coefficient (Wildman–Crippen LogP) is 3.49. The van der Waals surface area contributed by atoms with Crippen LogP contribution in [0.1, 0.15) is 44.9 Å². The summed E-state index contributed by atoms with van der Waals surface area (Å²) in [5, 5.41) is 0. The summed E-state index contributed by atoms with van der Waals surface area (Å²) in [6, 6.07) is 0. The molecule has 61 valence electrons. The lowest BCUT2D eigenvalue weighted by atomic mass is 9.59. The van der Waals surface area contributed by atoms with Gasteiger partial charge >= 0.3 is 0 Å². The molecule has 0 saturated heterocycles. The van der Waals surface area contributed by atoms with Crippen LogP contribution >= 0.6 is 0 Å². The molecule has 1 radical (unpaired) electrons. The number of hydrogen-bond donors (Lipinski definition) is 0. The van der Waals surface area contributed by atoms with Gasteiger partial charge in [-0.3, -0.25) is 0 Å². The Kier molecular flexibility index (Phi) is 1.78. The van der Waals surface area contributed by atoms with Crippen LogP contribution < -0.4 is 0 Å². The summed E-state index contributed by atoms with van der Waals surface area (Å²) in [4.78, 5) is 0. The lowest BCUT2D eigenvalue weighted by Gasteiger charge is -2.46. The van der Waals surface area contributed by atoms with Gasteiger partial charge in [-0.05, 0) is 56.3 Å². The van der Waals surface area contributed by atoms with Gasteiger partial charge in [0, 0.05) is 0 Å². The van der Waals surface area contributed by atoms with Crippen molar-refractivity contribution in [2.75, 3.05) is 0 Å². The molecule has 0 atom stereocenters. The summed E-state index contributed by atoms with van der Waals surface area (Å²) in [6.45, 7) is 3.86. The Morgan fingerprint density at radius 2 is 1.73 bits per heavy atom. The van der Waals surface area contributed by atoms with Crippen LogP contribution in [-0.4, -0.2) is 0 Å². The highest BCUT2D eigenvalue weighted by Crippen LogP contribution is 2.53. The second-order valence-electron chi connectivity index (χ2n) is 4.24. The van der Waals surface area contributed by atoms with E-state index in [-0.39, 0.29) is 0 Å². The van der Waals surface area contributed by atoms with Crippen molar-refractivity contribution >= 4 is 0 Å². The zero-order valence-corrected chi connectivity index (χ0v) is 7.23. The SMILES string of the molecule is C=CCC12CC[C](CC1)CC2. The Morgan fingerprint density at radius 3 is 2.18 bits per heavy atom. The Hall–Kier alpha value is -0.260. The van der Waals surface area contributed by atoms with E-state index in [0.29, 0.717) is 5.41 Å². The van der Waals surface area contributed by atoms with Crippen molar-refractivity contribution < 1.29 is 0 Å². The van der Waals surface area contributed by atoms with E-state index in [0.717, 1.165) is 0 Å². The van der Waals surface area contributed by atoms with Gasteiger partial charge in [0.1, 0.15) is 0 Å². The van der Waals surface area contributed by atoms with Crippen LogP contribution in [0, 0.1) is 11.3 Å². The first-order valence-corrected chi connectivity index (χ1v) is 4.79. The molecular formula is C11H17. The molecule has 3 aliphatic rings. The lowest BCUT2D eigenvalue weighted by Crippen LogP contribution is -2.32. The summed E-state index contributed by atoms with van der Waals surface area (Å²) in [5.41, 5.74) is 0.698.